The fraction of sp³-hybridized carbons (Fsp3) is 0.900. The van der Waals surface area contributed by atoms with E-state index in [1.54, 1.807) is 0 Å². The number of aldehydes is 2. The molecule has 0 saturated heterocycles. The highest BCUT2D eigenvalue weighted by Crippen LogP contribution is 2.51. The van der Waals surface area contributed by atoms with Crippen LogP contribution in [0, 0.1) is 0 Å². The van der Waals surface area contributed by atoms with E-state index in [2.05, 4.69) is 53.9 Å². The summed E-state index contributed by atoms with van der Waals surface area (Å²) in [6, 6.07) is 1.12. The first-order chi connectivity index (χ1) is 11.4. The predicted octanol–water partition coefficient (Wildman–Crippen LogP) is 6.14. The second-order valence-corrected chi connectivity index (χ2v) is 18.9. The molecule has 0 heterocycles. The van der Waals surface area contributed by atoms with E-state index >= 15 is 0 Å². The summed E-state index contributed by atoms with van der Waals surface area (Å²) in [6.07, 6.45) is 8.64. The minimum atomic E-state index is -1.98. The number of carbonyl (C=O) groups excluding carboxylic acids is 2. The van der Waals surface area contributed by atoms with E-state index in [1.807, 2.05) is 0 Å². The lowest BCUT2D eigenvalue weighted by Crippen LogP contribution is -2.59. The van der Waals surface area contributed by atoms with Gasteiger partial charge in [-0.2, -0.15) is 0 Å². The molecule has 0 spiro atoms. The highest BCUT2D eigenvalue weighted by Gasteiger charge is 2.51. The summed E-state index contributed by atoms with van der Waals surface area (Å²) in [5.74, 6) is 0. The summed E-state index contributed by atoms with van der Waals surface area (Å²) in [6.45, 7) is 18.6. The highest BCUT2D eigenvalue weighted by atomic mass is 28.4. The quantitative estimate of drug-likeness (QED) is 0.204. The Morgan fingerprint density at radius 3 is 1.80 bits per heavy atom. The van der Waals surface area contributed by atoms with Gasteiger partial charge in [0.2, 0.25) is 0 Å². The fourth-order valence-electron chi connectivity index (χ4n) is 4.09. The number of hydrogen-bond acceptors (Lipinski definition) is 3. The van der Waals surface area contributed by atoms with Crippen LogP contribution in [0.25, 0.3) is 0 Å². The molecule has 0 aromatic heterocycles. The standard InChI is InChI=1S/C20H42O3Si2/c1-9-20(10-2,15-11-12-16-21)25(7,8)23-19(3,4)24(5,6)18-14-13-17-22/h16-17H,9-15,18H2,1-8H3. The zero-order valence-electron chi connectivity index (χ0n) is 18.0. The molecule has 0 rings (SSSR count). The molecule has 0 fully saturated rings. The molecule has 0 saturated carbocycles. The van der Waals surface area contributed by atoms with Crippen molar-refractivity contribution in [1.82, 2.24) is 0 Å². The SMILES string of the molecule is CCC(CC)(CCCC=O)[Si](C)(C)OC(C)(C)[Si](C)(C)CCCC=O. The van der Waals surface area contributed by atoms with Crippen LogP contribution >= 0.6 is 0 Å². The number of carbonyl (C=O) groups is 2. The van der Waals surface area contributed by atoms with E-state index in [0.29, 0.717) is 12.8 Å². The summed E-state index contributed by atoms with van der Waals surface area (Å²) < 4.78 is 7.02. The highest BCUT2D eigenvalue weighted by molar-refractivity contribution is 6.82. The summed E-state index contributed by atoms with van der Waals surface area (Å²) in [7, 11) is -3.60. The zero-order chi connectivity index (χ0) is 19.8. The topological polar surface area (TPSA) is 43.4 Å². The molecule has 0 N–H and O–H groups in total. The Balaban J connectivity index is 5.36. The third-order valence-electron chi connectivity index (χ3n) is 6.87. The summed E-state index contributed by atoms with van der Waals surface area (Å²) >= 11 is 0. The van der Waals surface area contributed by atoms with Crippen molar-refractivity contribution in [1.29, 1.82) is 0 Å². The monoisotopic (exact) mass is 386 g/mol. The second-order valence-electron chi connectivity index (χ2n) is 9.11. The van der Waals surface area contributed by atoms with Crippen molar-refractivity contribution in [3.05, 3.63) is 0 Å². The van der Waals surface area contributed by atoms with Crippen LogP contribution in [0.15, 0.2) is 0 Å². The van der Waals surface area contributed by atoms with Crippen molar-refractivity contribution in [3.8, 4) is 0 Å². The van der Waals surface area contributed by atoms with Gasteiger partial charge in [0.05, 0.1) is 8.07 Å². The Kier molecular flexibility index (Phi) is 10.1. The maximum Gasteiger partial charge on any atom is 0.193 e. The van der Waals surface area contributed by atoms with Gasteiger partial charge in [-0.15, -0.1) is 0 Å². The minimum absolute atomic E-state index is 0.105. The lowest BCUT2D eigenvalue weighted by atomic mass is 9.95. The summed E-state index contributed by atoms with van der Waals surface area (Å²) in [4.78, 5) is 21.4. The van der Waals surface area contributed by atoms with Gasteiger partial charge < -0.3 is 14.0 Å². The lowest BCUT2D eigenvalue weighted by molar-refractivity contribution is -0.108. The Morgan fingerprint density at radius 1 is 0.880 bits per heavy atom. The molecule has 0 aliphatic carbocycles. The first-order valence-electron chi connectivity index (χ1n) is 10.0. The van der Waals surface area contributed by atoms with Crippen LogP contribution in [0.5, 0.6) is 0 Å². The fourth-order valence-corrected chi connectivity index (χ4v) is 11.6. The van der Waals surface area contributed by atoms with Crippen LogP contribution in [0.1, 0.15) is 72.6 Å². The van der Waals surface area contributed by atoms with Crippen molar-refractivity contribution in [2.75, 3.05) is 0 Å². The molecule has 0 amide bonds. The first kappa shape index (κ1) is 24.7. The molecule has 0 bridgehead atoms. The van der Waals surface area contributed by atoms with Crippen LogP contribution in [0.3, 0.4) is 0 Å². The van der Waals surface area contributed by atoms with Crippen LogP contribution in [0.2, 0.25) is 37.3 Å². The van der Waals surface area contributed by atoms with E-state index in [0.717, 1.165) is 50.7 Å². The number of unbranched alkanes of at least 4 members (excludes halogenated alkanes) is 2. The van der Waals surface area contributed by atoms with Gasteiger partial charge in [0.15, 0.2) is 8.32 Å². The van der Waals surface area contributed by atoms with Gasteiger partial charge in [0, 0.05) is 18.1 Å². The normalized spacial score (nSPS) is 13.8. The molecule has 0 aromatic rings. The van der Waals surface area contributed by atoms with Gasteiger partial charge in [-0.3, -0.25) is 0 Å². The van der Waals surface area contributed by atoms with Crippen molar-refractivity contribution in [3.63, 3.8) is 0 Å². The van der Waals surface area contributed by atoms with Gasteiger partial charge in [-0.05, 0) is 51.2 Å². The summed E-state index contributed by atoms with van der Waals surface area (Å²) in [5.41, 5.74) is 0. The third kappa shape index (κ3) is 6.44. The minimum Gasteiger partial charge on any atom is -0.415 e. The van der Waals surface area contributed by atoms with Crippen LogP contribution in [-0.2, 0) is 14.0 Å². The molecule has 5 heteroatoms. The van der Waals surface area contributed by atoms with Crippen LogP contribution in [-0.4, -0.2) is 34.2 Å². The van der Waals surface area contributed by atoms with E-state index in [-0.39, 0.29) is 10.3 Å². The van der Waals surface area contributed by atoms with Crippen molar-refractivity contribution >= 4 is 29.0 Å². The maximum absolute atomic E-state index is 10.8. The zero-order valence-corrected chi connectivity index (χ0v) is 20.0. The lowest BCUT2D eigenvalue weighted by Gasteiger charge is -2.52. The van der Waals surface area contributed by atoms with Crippen LogP contribution < -0.4 is 0 Å². The molecule has 0 aromatic carbocycles. The van der Waals surface area contributed by atoms with E-state index in [1.165, 1.54) is 0 Å². The molecule has 0 aliphatic rings. The molecule has 3 nitrogen and oxygen atoms in total. The predicted molar refractivity (Wildman–Crippen MR) is 113 cm³/mol. The average molecular weight is 387 g/mol. The average Bonchev–Trinajstić information content (AvgIpc) is 2.50. The first-order valence-corrected chi connectivity index (χ1v) is 16.1. The Morgan fingerprint density at radius 2 is 1.36 bits per heavy atom. The molecule has 25 heavy (non-hydrogen) atoms. The third-order valence-corrected chi connectivity index (χ3v) is 16.6. The second kappa shape index (κ2) is 10.2. The Hall–Kier alpha value is -0.266. The van der Waals surface area contributed by atoms with Gasteiger partial charge in [-0.25, -0.2) is 0 Å². The van der Waals surface area contributed by atoms with Crippen molar-refractivity contribution in [2.45, 2.75) is 115 Å². The van der Waals surface area contributed by atoms with Crippen molar-refractivity contribution < 1.29 is 14.0 Å². The van der Waals surface area contributed by atoms with Gasteiger partial charge in [0.25, 0.3) is 0 Å². The smallest absolute Gasteiger partial charge is 0.193 e. The molecule has 0 radical (unpaired) electrons. The maximum atomic E-state index is 10.8. The molecule has 0 unspecified atom stereocenters. The van der Waals surface area contributed by atoms with Gasteiger partial charge in [-0.1, -0.05) is 45.8 Å². The number of rotatable bonds is 14. The molecule has 0 aliphatic heterocycles. The molecular weight excluding hydrogens is 344 g/mol. The number of hydrogen-bond donors (Lipinski definition) is 0. The Labute approximate surface area is 158 Å². The molecule has 148 valence electrons. The molecular formula is C20H42O3Si2. The Bertz CT molecular complexity index is 413. The van der Waals surface area contributed by atoms with Crippen LogP contribution in [0.4, 0.5) is 0 Å². The molecule has 0 atom stereocenters. The summed E-state index contributed by atoms with van der Waals surface area (Å²) in [5, 5.41) is 0.117. The van der Waals surface area contributed by atoms with E-state index in [9.17, 15) is 9.59 Å². The van der Waals surface area contributed by atoms with Crippen molar-refractivity contribution in [2.24, 2.45) is 0 Å². The van der Waals surface area contributed by atoms with Gasteiger partial charge >= 0.3 is 0 Å². The largest absolute Gasteiger partial charge is 0.415 e. The van der Waals surface area contributed by atoms with E-state index < -0.39 is 16.4 Å². The van der Waals surface area contributed by atoms with E-state index in [4.69, 9.17) is 4.43 Å². The van der Waals surface area contributed by atoms with Gasteiger partial charge in [0.1, 0.15) is 12.6 Å².